The monoisotopic (exact) mass is 243 g/mol. The average Bonchev–Trinajstić information content (AvgIpc) is 3.09. The largest absolute Gasteiger partial charge is 0.465 e. The van der Waals surface area contributed by atoms with Crippen molar-refractivity contribution >= 4 is 11.9 Å². The number of hydrogen-bond acceptors (Lipinski definition) is 4. The van der Waals surface area contributed by atoms with Crippen molar-refractivity contribution in [3.05, 3.63) is 0 Å². The quantitative estimate of drug-likeness (QED) is 0.625. The number of carbonyl (C=O) groups excluding carboxylic acids is 2. The minimum absolute atomic E-state index is 0.0365. The molecule has 0 radical (unpaired) electrons. The lowest BCUT2D eigenvalue weighted by atomic mass is 10.3. The lowest BCUT2D eigenvalue weighted by Gasteiger charge is -2.24. The minimum Gasteiger partial charge on any atom is -0.465 e. The zero-order chi connectivity index (χ0) is 12.8. The van der Waals surface area contributed by atoms with Crippen molar-refractivity contribution in [3.8, 4) is 0 Å². The van der Waals surface area contributed by atoms with Gasteiger partial charge in [0.15, 0.2) is 0 Å². The van der Waals surface area contributed by atoms with Crippen molar-refractivity contribution in [3.63, 3.8) is 0 Å². The van der Waals surface area contributed by atoms with E-state index in [4.69, 9.17) is 9.47 Å². The Morgan fingerprint density at radius 2 is 1.94 bits per heavy atom. The lowest BCUT2D eigenvalue weighted by Crippen LogP contribution is -2.43. The molecule has 1 fully saturated rings. The summed E-state index contributed by atoms with van der Waals surface area (Å²) in [6, 6.07) is 0.190. The molecule has 17 heavy (non-hydrogen) atoms. The van der Waals surface area contributed by atoms with Crippen LogP contribution in [0.25, 0.3) is 0 Å². The summed E-state index contributed by atoms with van der Waals surface area (Å²) in [4.78, 5) is 25.0. The summed E-state index contributed by atoms with van der Waals surface area (Å²) in [5.41, 5.74) is 0. The zero-order valence-electron chi connectivity index (χ0n) is 10.8. The van der Waals surface area contributed by atoms with Crippen molar-refractivity contribution in [1.29, 1.82) is 0 Å². The van der Waals surface area contributed by atoms with Crippen LogP contribution in [-0.4, -0.2) is 48.7 Å². The Morgan fingerprint density at radius 1 is 1.29 bits per heavy atom. The maximum absolute atomic E-state index is 12.0. The van der Waals surface area contributed by atoms with Crippen LogP contribution >= 0.6 is 0 Å². The van der Waals surface area contributed by atoms with E-state index in [0.717, 1.165) is 12.8 Å². The van der Waals surface area contributed by atoms with Crippen molar-refractivity contribution in [2.24, 2.45) is 0 Å². The molecule has 1 rings (SSSR count). The number of amides is 1. The summed E-state index contributed by atoms with van der Waals surface area (Å²) in [5, 5.41) is 0. The SMILES string of the molecule is CCOC(=O)CN(C(=O)[C@@H](C)OCC)C1CC1. The second kappa shape index (κ2) is 6.59. The number of esters is 1. The molecule has 0 aromatic rings. The highest BCUT2D eigenvalue weighted by Gasteiger charge is 2.36. The highest BCUT2D eigenvalue weighted by molar-refractivity contribution is 5.85. The Bertz CT molecular complexity index is 276. The minimum atomic E-state index is -0.491. The smallest absolute Gasteiger partial charge is 0.325 e. The normalized spacial score (nSPS) is 16.4. The molecule has 1 aliphatic rings. The van der Waals surface area contributed by atoms with Crippen LogP contribution in [-0.2, 0) is 19.1 Å². The van der Waals surface area contributed by atoms with E-state index in [0.29, 0.717) is 13.2 Å². The van der Waals surface area contributed by atoms with Gasteiger partial charge in [0.1, 0.15) is 12.6 Å². The van der Waals surface area contributed by atoms with E-state index in [2.05, 4.69) is 0 Å². The van der Waals surface area contributed by atoms with Crippen LogP contribution in [0.2, 0.25) is 0 Å². The Kier molecular flexibility index (Phi) is 5.41. The number of hydrogen-bond donors (Lipinski definition) is 0. The molecule has 5 heteroatoms. The first kappa shape index (κ1) is 14.0. The van der Waals surface area contributed by atoms with Crippen LogP contribution < -0.4 is 0 Å². The maximum Gasteiger partial charge on any atom is 0.325 e. The van der Waals surface area contributed by atoms with Crippen LogP contribution in [0.15, 0.2) is 0 Å². The van der Waals surface area contributed by atoms with Crippen LogP contribution in [0.5, 0.6) is 0 Å². The van der Waals surface area contributed by atoms with Gasteiger partial charge in [0.25, 0.3) is 5.91 Å². The Labute approximate surface area is 102 Å². The molecule has 0 saturated heterocycles. The van der Waals surface area contributed by atoms with Crippen molar-refractivity contribution in [2.45, 2.75) is 45.8 Å². The van der Waals surface area contributed by atoms with E-state index in [1.807, 2.05) is 6.92 Å². The summed E-state index contributed by atoms with van der Waals surface area (Å²) in [7, 11) is 0. The number of carbonyl (C=O) groups is 2. The van der Waals surface area contributed by atoms with Gasteiger partial charge in [-0.15, -0.1) is 0 Å². The molecule has 0 aromatic heterocycles. The predicted octanol–water partition coefficient (Wildman–Crippen LogP) is 0.965. The Balaban J connectivity index is 2.53. The van der Waals surface area contributed by atoms with Crippen LogP contribution in [0.1, 0.15) is 33.6 Å². The van der Waals surface area contributed by atoms with Crippen molar-refractivity contribution in [1.82, 2.24) is 4.90 Å². The summed E-state index contributed by atoms with van der Waals surface area (Å²) in [6.07, 6.45) is 1.43. The molecule has 0 spiro atoms. The van der Waals surface area contributed by atoms with Gasteiger partial charge in [-0.2, -0.15) is 0 Å². The highest BCUT2D eigenvalue weighted by atomic mass is 16.5. The number of rotatable bonds is 7. The Hall–Kier alpha value is -1.10. The van der Waals surface area contributed by atoms with Crippen LogP contribution in [0.4, 0.5) is 0 Å². The van der Waals surface area contributed by atoms with Crippen molar-refractivity contribution < 1.29 is 19.1 Å². The van der Waals surface area contributed by atoms with E-state index < -0.39 is 6.10 Å². The first-order valence-corrected chi connectivity index (χ1v) is 6.17. The van der Waals surface area contributed by atoms with E-state index in [-0.39, 0.29) is 24.5 Å². The van der Waals surface area contributed by atoms with E-state index in [1.54, 1.807) is 18.7 Å². The predicted molar refractivity (Wildman–Crippen MR) is 62.5 cm³/mol. The molecule has 0 aromatic carbocycles. The molecule has 1 atom stereocenters. The van der Waals surface area contributed by atoms with Gasteiger partial charge in [0.2, 0.25) is 0 Å². The fraction of sp³-hybridized carbons (Fsp3) is 0.833. The molecule has 0 unspecified atom stereocenters. The standard InChI is InChI=1S/C12H21NO4/c1-4-16-9(3)12(15)13(10-6-7-10)8-11(14)17-5-2/h9-10H,4-8H2,1-3H3/t9-/m1/s1. The zero-order valence-corrected chi connectivity index (χ0v) is 10.8. The molecule has 0 heterocycles. The summed E-state index contributed by atoms with van der Waals surface area (Å²) in [5.74, 6) is -0.473. The summed E-state index contributed by atoms with van der Waals surface area (Å²) in [6.45, 7) is 6.18. The van der Waals surface area contributed by atoms with Gasteiger partial charge >= 0.3 is 5.97 Å². The van der Waals surface area contributed by atoms with Crippen LogP contribution in [0, 0.1) is 0 Å². The third-order valence-electron chi connectivity index (χ3n) is 2.64. The second-order valence-electron chi connectivity index (χ2n) is 4.10. The fourth-order valence-corrected chi connectivity index (χ4v) is 1.67. The van der Waals surface area contributed by atoms with Gasteiger partial charge in [-0.25, -0.2) is 0 Å². The Morgan fingerprint density at radius 3 is 2.41 bits per heavy atom. The molecule has 1 amide bonds. The third-order valence-corrected chi connectivity index (χ3v) is 2.64. The topological polar surface area (TPSA) is 55.8 Å². The van der Waals surface area contributed by atoms with Gasteiger partial charge in [0.05, 0.1) is 6.61 Å². The van der Waals surface area contributed by atoms with Gasteiger partial charge in [-0.3, -0.25) is 9.59 Å². The van der Waals surface area contributed by atoms with E-state index >= 15 is 0 Å². The number of nitrogens with zero attached hydrogens (tertiary/aromatic N) is 1. The van der Waals surface area contributed by atoms with Crippen molar-refractivity contribution in [2.75, 3.05) is 19.8 Å². The summed E-state index contributed by atoms with van der Waals surface area (Å²) < 4.78 is 10.1. The first-order chi connectivity index (χ1) is 8.10. The third kappa shape index (κ3) is 4.34. The van der Waals surface area contributed by atoms with Gasteiger partial charge < -0.3 is 14.4 Å². The molecule has 1 aliphatic carbocycles. The van der Waals surface area contributed by atoms with Gasteiger partial charge in [0, 0.05) is 12.6 Å². The molecule has 0 bridgehead atoms. The van der Waals surface area contributed by atoms with Crippen LogP contribution in [0.3, 0.4) is 0 Å². The maximum atomic E-state index is 12.0. The molecule has 5 nitrogen and oxygen atoms in total. The van der Waals surface area contributed by atoms with Gasteiger partial charge in [-0.05, 0) is 33.6 Å². The first-order valence-electron chi connectivity index (χ1n) is 6.17. The average molecular weight is 243 g/mol. The number of ether oxygens (including phenoxy) is 2. The van der Waals surface area contributed by atoms with Gasteiger partial charge in [-0.1, -0.05) is 0 Å². The molecular weight excluding hydrogens is 222 g/mol. The highest BCUT2D eigenvalue weighted by Crippen LogP contribution is 2.27. The fourth-order valence-electron chi connectivity index (χ4n) is 1.67. The molecule has 98 valence electrons. The van der Waals surface area contributed by atoms with E-state index in [9.17, 15) is 9.59 Å². The lowest BCUT2D eigenvalue weighted by molar-refractivity contribution is -0.153. The second-order valence-corrected chi connectivity index (χ2v) is 4.10. The summed E-state index contributed by atoms with van der Waals surface area (Å²) >= 11 is 0. The molecule has 0 aliphatic heterocycles. The molecular formula is C12H21NO4. The van der Waals surface area contributed by atoms with E-state index in [1.165, 1.54) is 0 Å². The molecule has 0 N–H and O–H groups in total. The molecule has 1 saturated carbocycles.